The van der Waals surface area contributed by atoms with Crippen molar-refractivity contribution in [1.29, 1.82) is 0 Å². The number of hydrogen-bond acceptors (Lipinski definition) is 5. The highest BCUT2D eigenvalue weighted by molar-refractivity contribution is 7.18. The maximum absolute atomic E-state index is 14.7. The van der Waals surface area contributed by atoms with Gasteiger partial charge in [-0.15, -0.1) is 11.3 Å². The summed E-state index contributed by atoms with van der Waals surface area (Å²) in [4.78, 5) is 31.2. The van der Waals surface area contributed by atoms with Gasteiger partial charge in [-0.25, -0.2) is 22.8 Å². The van der Waals surface area contributed by atoms with Gasteiger partial charge < -0.3 is 19.7 Å². The maximum Gasteiger partial charge on any atom is 0.408 e. The molecule has 2 aromatic carbocycles. The third-order valence-electron chi connectivity index (χ3n) is 6.25. The van der Waals surface area contributed by atoms with E-state index in [0.717, 1.165) is 11.3 Å². The molecule has 1 N–H and O–H groups in total. The van der Waals surface area contributed by atoms with Gasteiger partial charge in [-0.2, -0.15) is 0 Å². The van der Waals surface area contributed by atoms with Crippen molar-refractivity contribution in [3.8, 4) is 27.3 Å². The van der Waals surface area contributed by atoms with E-state index in [1.54, 1.807) is 39.0 Å². The fourth-order valence-corrected chi connectivity index (χ4v) is 5.50. The van der Waals surface area contributed by atoms with E-state index in [-0.39, 0.29) is 35.8 Å². The molecule has 40 heavy (non-hydrogen) atoms. The number of ether oxygens (including phenoxy) is 2. The zero-order chi connectivity index (χ0) is 29.2. The highest BCUT2D eigenvalue weighted by Crippen LogP contribution is 2.42. The predicted molar refractivity (Wildman–Crippen MR) is 146 cm³/mol. The van der Waals surface area contributed by atoms with Gasteiger partial charge in [0.2, 0.25) is 5.69 Å². The summed E-state index contributed by atoms with van der Waals surface area (Å²) in [6, 6.07) is 9.07. The van der Waals surface area contributed by atoms with Crippen molar-refractivity contribution in [3.05, 3.63) is 70.4 Å². The molecular weight excluding hydrogens is 543 g/mol. The highest BCUT2D eigenvalue weighted by atomic mass is 32.1. The SMILES string of the molecule is [C-]#[N+]c1ccc(-c2cc(C(=O)N3CC[C@@H](F)[C@@H](NC(=O)OC(C)(C)C)C3)sc2-c2ccc(OC)c(F)c2)cc1F. The van der Waals surface area contributed by atoms with Crippen molar-refractivity contribution in [2.24, 2.45) is 0 Å². The Bertz CT molecular complexity index is 1480. The van der Waals surface area contributed by atoms with Crippen LogP contribution in [0, 0.1) is 18.2 Å². The number of nitrogens with zero attached hydrogens (tertiary/aromatic N) is 2. The van der Waals surface area contributed by atoms with Crippen LogP contribution < -0.4 is 10.1 Å². The minimum atomic E-state index is -1.36. The molecule has 0 radical (unpaired) electrons. The molecule has 4 rings (SSSR count). The summed E-state index contributed by atoms with van der Waals surface area (Å²) in [6.45, 7) is 12.2. The van der Waals surface area contributed by atoms with Gasteiger partial charge in [0.05, 0.1) is 24.6 Å². The van der Waals surface area contributed by atoms with Crippen LogP contribution in [-0.2, 0) is 4.74 Å². The zero-order valence-corrected chi connectivity index (χ0v) is 23.2. The number of nitrogens with one attached hydrogen (secondary N) is 1. The Hall–Kier alpha value is -4.04. The quantitative estimate of drug-likeness (QED) is 0.335. The summed E-state index contributed by atoms with van der Waals surface area (Å²) in [5.74, 6) is -1.70. The lowest BCUT2D eigenvalue weighted by atomic mass is 10.0. The number of halogens is 3. The lowest BCUT2D eigenvalue weighted by Crippen LogP contribution is -2.55. The largest absolute Gasteiger partial charge is 0.494 e. The molecule has 2 amide bonds. The van der Waals surface area contributed by atoms with E-state index < -0.39 is 41.4 Å². The van der Waals surface area contributed by atoms with Crippen LogP contribution in [0.15, 0.2) is 42.5 Å². The minimum absolute atomic E-state index is 0.0181. The van der Waals surface area contributed by atoms with Crippen molar-refractivity contribution >= 4 is 29.0 Å². The summed E-state index contributed by atoms with van der Waals surface area (Å²) in [7, 11) is 1.35. The average molecular weight is 572 g/mol. The topological polar surface area (TPSA) is 72.2 Å². The van der Waals surface area contributed by atoms with Gasteiger partial charge in [-0.1, -0.05) is 12.1 Å². The van der Waals surface area contributed by atoms with Crippen LogP contribution in [0.3, 0.4) is 0 Å². The third-order valence-corrected chi connectivity index (χ3v) is 7.43. The van der Waals surface area contributed by atoms with Gasteiger partial charge in [-0.3, -0.25) is 4.79 Å². The van der Waals surface area contributed by atoms with E-state index in [0.29, 0.717) is 21.6 Å². The Morgan fingerprint density at radius 2 is 1.80 bits per heavy atom. The number of carbonyl (C=O) groups is 2. The van der Waals surface area contributed by atoms with Crippen LogP contribution in [-0.4, -0.2) is 54.9 Å². The average Bonchev–Trinajstić information content (AvgIpc) is 3.34. The number of thiophene rings is 1. The Morgan fingerprint density at radius 1 is 1.10 bits per heavy atom. The summed E-state index contributed by atoms with van der Waals surface area (Å²) in [5.41, 5.74) is 0.399. The standard InChI is InChI=1S/C29H28F3N3O4S/c1-29(2,3)39-28(37)34-23-15-35(11-10-19(23)30)27(36)25-14-18(16-6-8-22(33-4)20(31)12-16)26(40-25)17-7-9-24(38-5)21(32)13-17/h6-9,12-14,19,23H,10-11,15H2,1-3,5H3,(H,34,37)/t19-,23+/m1/s1. The molecule has 0 aliphatic carbocycles. The zero-order valence-electron chi connectivity index (χ0n) is 22.4. The van der Waals surface area contributed by atoms with Gasteiger partial charge in [0.15, 0.2) is 11.6 Å². The molecule has 1 saturated heterocycles. The van der Waals surface area contributed by atoms with Crippen LogP contribution in [0.2, 0.25) is 0 Å². The van der Waals surface area contributed by atoms with Gasteiger partial charge >= 0.3 is 6.09 Å². The number of hydrogen-bond donors (Lipinski definition) is 1. The fraction of sp³-hybridized carbons (Fsp3) is 0.345. The minimum Gasteiger partial charge on any atom is -0.494 e. The highest BCUT2D eigenvalue weighted by Gasteiger charge is 2.35. The van der Waals surface area contributed by atoms with Crippen LogP contribution in [0.5, 0.6) is 5.75 Å². The van der Waals surface area contributed by atoms with E-state index in [1.807, 2.05) is 0 Å². The van der Waals surface area contributed by atoms with Crippen molar-refractivity contribution in [2.75, 3.05) is 20.2 Å². The Morgan fingerprint density at radius 3 is 2.42 bits per heavy atom. The molecule has 1 aliphatic rings. The number of likely N-dealkylation sites (tertiary alicyclic amines) is 1. The lowest BCUT2D eigenvalue weighted by Gasteiger charge is -2.35. The number of alkyl halides is 1. The number of alkyl carbamates (subject to hydrolysis) is 1. The molecule has 1 aromatic heterocycles. The Kier molecular flexibility index (Phi) is 8.40. The number of methoxy groups -OCH3 is 1. The smallest absolute Gasteiger partial charge is 0.408 e. The third kappa shape index (κ3) is 6.39. The molecular formula is C29H28F3N3O4S. The van der Waals surface area contributed by atoms with Gasteiger partial charge in [0.25, 0.3) is 5.91 Å². The van der Waals surface area contributed by atoms with E-state index >= 15 is 0 Å². The molecule has 210 valence electrons. The van der Waals surface area contributed by atoms with Crippen molar-refractivity contribution in [2.45, 2.75) is 45.0 Å². The second kappa shape index (κ2) is 11.6. The molecule has 0 saturated carbocycles. The molecule has 11 heteroatoms. The number of amides is 2. The summed E-state index contributed by atoms with van der Waals surface area (Å²) >= 11 is 1.08. The predicted octanol–water partition coefficient (Wildman–Crippen LogP) is 7.00. The molecule has 3 aromatic rings. The summed E-state index contributed by atoms with van der Waals surface area (Å²) in [5, 5.41) is 2.52. The van der Waals surface area contributed by atoms with Crippen LogP contribution in [0.25, 0.3) is 26.4 Å². The molecule has 0 unspecified atom stereocenters. The molecule has 1 aliphatic heterocycles. The molecule has 2 heterocycles. The van der Waals surface area contributed by atoms with Crippen LogP contribution in [0.1, 0.15) is 36.9 Å². The molecule has 2 atom stereocenters. The summed E-state index contributed by atoms with van der Waals surface area (Å²) < 4.78 is 54.1. The number of benzene rings is 2. The van der Waals surface area contributed by atoms with E-state index in [4.69, 9.17) is 16.0 Å². The van der Waals surface area contributed by atoms with Crippen molar-refractivity contribution in [1.82, 2.24) is 10.2 Å². The molecule has 7 nitrogen and oxygen atoms in total. The first kappa shape index (κ1) is 29.0. The maximum atomic E-state index is 14.7. The second-order valence-electron chi connectivity index (χ2n) is 10.3. The lowest BCUT2D eigenvalue weighted by molar-refractivity contribution is 0.0367. The van der Waals surface area contributed by atoms with E-state index in [2.05, 4.69) is 10.2 Å². The van der Waals surface area contributed by atoms with Crippen LogP contribution in [0.4, 0.5) is 23.7 Å². The second-order valence-corrected chi connectivity index (χ2v) is 11.3. The van der Waals surface area contributed by atoms with E-state index in [1.165, 1.54) is 36.3 Å². The Labute approximate surface area is 234 Å². The first-order chi connectivity index (χ1) is 18.9. The van der Waals surface area contributed by atoms with Gasteiger partial charge in [-0.05, 0) is 68.7 Å². The van der Waals surface area contributed by atoms with Gasteiger partial charge in [0.1, 0.15) is 17.6 Å². The van der Waals surface area contributed by atoms with E-state index in [9.17, 15) is 22.8 Å². The number of rotatable bonds is 5. The fourth-order valence-electron chi connectivity index (χ4n) is 4.36. The normalized spacial score (nSPS) is 17.2. The molecule has 0 bridgehead atoms. The first-order valence-electron chi connectivity index (χ1n) is 12.5. The monoisotopic (exact) mass is 571 g/mol. The Balaban J connectivity index is 1.68. The number of piperidine rings is 1. The molecule has 1 fully saturated rings. The van der Waals surface area contributed by atoms with Crippen molar-refractivity contribution in [3.63, 3.8) is 0 Å². The summed E-state index contributed by atoms with van der Waals surface area (Å²) in [6.07, 6.45) is -2.12. The van der Waals surface area contributed by atoms with Gasteiger partial charge in [0, 0.05) is 23.5 Å². The van der Waals surface area contributed by atoms with Crippen molar-refractivity contribution < 1.29 is 32.2 Å². The molecule has 0 spiro atoms. The number of carbonyl (C=O) groups excluding carboxylic acids is 2. The van der Waals surface area contributed by atoms with Crippen LogP contribution >= 0.6 is 11.3 Å². The first-order valence-corrected chi connectivity index (χ1v) is 13.3.